The van der Waals surface area contributed by atoms with Crippen molar-refractivity contribution in [3.8, 4) is 30.3 Å². The Morgan fingerprint density at radius 2 is 1.03 bits per heavy atom. The Morgan fingerprint density at radius 3 is 1.35 bits per heavy atom. The van der Waals surface area contributed by atoms with Crippen LogP contribution in [0.15, 0.2) is 18.2 Å². The highest BCUT2D eigenvalue weighted by atomic mass is 19.4. The van der Waals surface area contributed by atoms with E-state index in [4.69, 9.17) is 15.8 Å². The molecule has 0 aliphatic heterocycles. The summed E-state index contributed by atoms with van der Waals surface area (Å²) >= 11 is 0. The number of nitrogens with zero attached hydrogens (tertiary/aromatic N) is 5. The van der Waals surface area contributed by atoms with Gasteiger partial charge in [-0.25, -0.2) is 4.39 Å². The Bertz CT molecular complexity index is 1590. The lowest BCUT2D eigenvalue weighted by Crippen LogP contribution is -2.31. The molecule has 15 heteroatoms. The van der Waals surface area contributed by atoms with Crippen LogP contribution in [0.4, 0.5) is 43.9 Å². The van der Waals surface area contributed by atoms with Crippen LogP contribution in [-0.4, -0.2) is 0 Å². The van der Waals surface area contributed by atoms with Crippen LogP contribution in [0.2, 0.25) is 0 Å². The molecule has 0 radical (unpaired) electrons. The number of rotatable bonds is 1. The second kappa shape index (κ2) is 9.53. The standard InChI is InChI=1S/C22H3F10N5/c23-19-11(3-17(22(30,31)32)18(14(19)8-37)10(4-33)5-34)12(6-35)9-1-15(20(24,25)26)13(7-36)16(2-9)21(27,28)29/h1-3H/b12-11+. The highest BCUT2D eigenvalue weighted by molar-refractivity contribution is 5.80. The molecule has 0 aliphatic carbocycles. The normalized spacial score (nSPS) is 12.4. The van der Waals surface area contributed by atoms with Crippen molar-refractivity contribution < 1.29 is 43.9 Å². The van der Waals surface area contributed by atoms with Gasteiger partial charge >= 0.3 is 18.5 Å². The van der Waals surface area contributed by atoms with Crippen molar-refractivity contribution in [1.29, 1.82) is 26.3 Å². The molecule has 2 rings (SSSR count). The van der Waals surface area contributed by atoms with Crippen molar-refractivity contribution in [3.05, 3.63) is 67.8 Å². The molecule has 37 heavy (non-hydrogen) atoms. The molecule has 0 aromatic heterocycles. The van der Waals surface area contributed by atoms with E-state index in [-0.39, 0.29) is 18.2 Å². The summed E-state index contributed by atoms with van der Waals surface area (Å²) in [7, 11) is 0. The predicted octanol–water partition coefficient (Wildman–Crippen LogP) is 4.55. The lowest BCUT2D eigenvalue weighted by molar-refractivity contribution is -0.143. The number of nitriles is 5. The molecule has 0 bridgehead atoms. The Labute approximate surface area is 198 Å². The van der Waals surface area contributed by atoms with Crippen LogP contribution in [0.25, 0.3) is 11.1 Å². The predicted molar refractivity (Wildman–Crippen MR) is 99.3 cm³/mol. The molecule has 0 fully saturated rings. The number of hydrogen-bond donors (Lipinski definition) is 0. The minimum atomic E-state index is -5.62. The smallest absolute Gasteiger partial charge is 0.205 e. The first-order valence-corrected chi connectivity index (χ1v) is 8.99. The maximum Gasteiger partial charge on any atom is 0.417 e. The van der Waals surface area contributed by atoms with Gasteiger partial charge in [0.1, 0.15) is 41.7 Å². The molecule has 0 heterocycles. The third kappa shape index (κ3) is 5.15. The SMILES string of the molecule is N#CC(C#N)=c1c(C(F)(F)F)c/c(=C(/C#N)c2cc(C(F)(F)F)c(C#N)c(C(F)(F)F)c2)c(F)c1C#N. The van der Waals surface area contributed by atoms with E-state index in [2.05, 4.69) is 0 Å². The fourth-order valence-corrected chi connectivity index (χ4v) is 3.20. The van der Waals surface area contributed by atoms with Crippen molar-refractivity contribution in [2.24, 2.45) is 0 Å². The van der Waals surface area contributed by atoms with E-state index in [0.29, 0.717) is 0 Å². The molecule has 0 saturated heterocycles. The lowest BCUT2D eigenvalue weighted by atomic mass is 9.92. The molecule has 0 saturated carbocycles. The maximum atomic E-state index is 15.2. The monoisotopic (exact) mass is 527 g/mol. The average Bonchev–Trinajstić information content (AvgIpc) is 2.79. The van der Waals surface area contributed by atoms with Gasteiger partial charge in [0.05, 0.1) is 33.4 Å². The molecule has 0 spiro atoms. The van der Waals surface area contributed by atoms with Gasteiger partial charge in [-0.05, 0) is 23.8 Å². The highest BCUT2D eigenvalue weighted by Crippen LogP contribution is 2.41. The summed E-state index contributed by atoms with van der Waals surface area (Å²) in [4.78, 5) is 0. The van der Waals surface area contributed by atoms with E-state index in [1.165, 1.54) is 0 Å². The van der Waals surface area contributed by atoms with Crippen molar-refractivity contribution in [2.45, 2.75) is 18.5 Å². The van der Waals surface area contributed by atoms with Gasteiger partial charge in [-0.3, -0.25) is 0 Å². The van der Waals surface area contributed by atoms with Crippen molar-refractivity contribution >= 4 is 11.1 Å². The highest BCUT2D eigenvalue weighted by Gasteiger charge is 2.42. The van der Waals surface area contributed by atoms with Crippen molar-refractivity contribution in [1.82, 2.24) is 0 Å². The van der Waals surface area contributed by atoms with Crippen LogP contribution >= 0.6 is 0 Å². The molecule has 186 valence electrons. The summed E-state index contributed by atoms with van der Waals surface area (Å²) < 4.78 is 137. The van der Waals surface area contributed by atoms with E-state index in [1.807, 2.05) is 0 Å². The van der Waals surface area contributed by atoms with E-state index in [9.17, 15) is 50.0 Å². The number of benzene rings is 2. The first kappa shape index (κ1) is 28.2. The fraction of sp³-hybridized carbons (Fsp3) is 0.136. The van der Waals surface area contributed by atoms with Gasteiger partial charge in [0.2, 0.25) is 0 Å². The van der Waals surface area contributed by atoms with E-state index < -0.39 is 79.3 Å². The van der Waals surface area contributed by atoms with Gasteiger partial charge < -0.3 is 0 Å². The minimum absolute atomic E-state index is 0.166. The molecule has 0 N–H and O–H groups in total. The molecule has 0 atom stereocenters. The van der Waals surface area contributed by atoms with Crippen LogP contribution in [0.3, 0.4) is 0 Å². The summed E-state index contributed by atoms with van der Waals surface area (Å²) in [5.74, 6) is -2.03. The first-order chi connectivity index (χ1) is 17.0. The first-order valence-electron chi connectivity index (χ1n) is 8.99. The summed E-state index contributed by atoms with van der Waals surface area (Å²) in [6.07, 6.45) is -16.8. The zero-order valence-electron chi connectivity index (χ0n) is 17.2. The molecular formula is C22H3F10N5. The van der Waals surface area contributed by atoms with E-state index >= 15 is 4.39 Å². The third-order valence-electron chi connectivity index (χ3n) is 4.69. The van der Waals surface area contributed by atoms with Crippen LogP contribution < -0.4 is 10.4 Å². The molecular weight excluding hydrogens is 524 g/mol. The second-order valence-corrected chi connectivity index (χ2v) is 6.78. The zero-order valence-corrected chi connectivity index (χ0v) is 17.2. The average molecular weight is 527 g/mol. The number of hydrogen-bond acceptors (Lipinski definition) is 5. The third-order valence-corrected chi connectivity index (χ3v) is 4.69. The second-order valence-electron chi connectivity index (χ2n) is 6.78. The van der Waals surface area contributed by atoms with Gasteiger partial charge in [0.15, 0.2) is 0 Å². The van der Waals surface area contributed by atoms with E-state index in [1.54, 1.807) is 0 Å². The summed E-state index contributed by atoms with van der Waals surface area (Å²) in [5.41, 5.74) is -14.3. The van der Waals surface area contributed by atoms with Gasteiger partial charge in [-0.15, -0.1) is 0 Å². The fourth-order valence-electron chi connectivity index (χ4n) is 3.20. The lowest BCUT2D eigenvalue weighted by Gasteiger charge is -2.17. The number of alkyl halides is 9. The largest absolute Gasteiger partial charge is 0.417 e. The molecule has 0 aliphatic rings. The molecule has 2 aromatic rings. The van der Waals surface area contributed by atoms with Crippen LogP contribution in [0.5, 0.6) is 0 Å². The summed E-state index contributed by atoms with van der Waals surface area (Å²) in [5, 5.41) is 42.4. The Kier molecular flexibility index (Phi) is 7.25. The van der Waals surface area contributed by atoms with Crippen LogP contribution in [0.1, 0.15) is 33.4 Å². The van der Waals surface area contributed by atoms with E-state index in [0.717, 1.165) is 30.3 Å². The van der Waals surface area contributed by atoms with Crippen molar-refractivity contribution in [2.75, 3.05) is 0 Å². The molecule has 0 unspecified atom stereocenters. The summed E-state index contributed by atoms with van der Waals surface area (Å²) in [6.45, 7) is 0. The van der Waals surface area contributed by atoms with Gasteiger partial charge in [-0.2, -0.15) is 65.8 Å². The maximum absolute atomic E-state index is 15.2. The summed E-state index contributed by atoms with van der Waals surface area (Å²) in [6, 6.07) is 4.21. The topological polar surface area (TPSA) is 119 Å². The number of halogens is 10. The minimum Gasteiger partial charge on any atom is -0.205 e. The van der Waals surface area contributed by atoms with Crippen LogP contribution in [0, 0.1) is 62.5 Å². The molecule has 2 aromatic carbocycles. The zero-order chi connectivity index (χ0) is 28.5. The molecule has 5 nitrogen and oxygen atoms in total. The Balaban J connectivity index is 3.39. The Hall–Kier alpha value is -5.07. The van der Waals surface area contributed by atoms with Gasteiger partial charge in [0.25, 0.3) is 0 Å². The Morgan fingerprint density at radius 1 is 0.595 bits per heavy atom. The quantitative estimate of drug-likeness (QED) is 0.505. The van der Waals surface area contributed by atoms with Gasteiger partial charge in [0, 0.05) is 10.4 Å². The molecule has 0 amide bonds. The van der Waals surface area contributed by atoms with Crippen LogP contribution in [-0.2, 0) is 18.5 Å². The van der Waals surface area contributed by atoms with Crippen molar-refractivity contribution in [3.63, 3.8) is 0 Å². The van der Waals surface area contributed by atoms with Gasteiger partial charge in [-0.1, -0.05) is 0 Å².